The molecule has 0 radical (unpaired) electrons. The molecule has 5 heteroatoms. The summed E-state index contributed by atoms with van der Waals surface area (Å²) in [5.41, 5.74) is 1.39. The van der Waals surface area contributed by atoms with Crippen LogP contribution in [0, 0.1) is 5.41 Å². The highest BCUT2D eigenvalue weighted by molar-refractivity contribution is 6.76. The van der Waals surface area contributed by atoms with E-state index in [1.807, 2.05) is 0 Å². The van der Waals surface area contributed by atoms with E-state index < -0.39 is 8.07 Å². The first kappa shape index (κ1) is 15.1. The number of hydrogen-bond acceptors (Lipinski definition) is 4. The molecule has 0 bridgehead atoms. The highest BCUT2D eigenvalue weighted by Gasteiger charge is 2.18. The van der Waals surface area contributed by atoms with Crippen LogP contribution in [-0.2, 0) is 9.53 Å². The van der Waals surface area contributed by atoms with Crippen LogP contribution in [-0.4, -0.2) is 33.4 Å². The van der Waals surface area contributed by atoms with Crippen LogP contribution < -0.4 is 5.32 Å². The smallest absolute Gasteiger partial charge is 0.166 e. The molecule has 0 unspecified atom stereocenters. The quantitative estimate of drug-likeness (QED) is 0.323. The van der Waals surface area contributed by atoms with Crippen molar-refractivity contribution in [3.8, 4) is 0 Å². The maximum Gasteiger partial charge on any atom is 0.166 e. The van der Waals surface area contributed by atoms with Crippen molar-refractivity contribution >= 4 is 20.1 Å². The van der Waals surface area contributed by atoms with E-state index in [2.05, 4.69) is 25.0 Å². The van der Waals surface area contributed by atoms with Crippen LogP contribution in [0.3, 0.4) is 0 Å². The van der Waals surface area contributed by atoms with Crippen molar-refractivity contribution in [1.29, 1.82) is 5.41 Å². The third-order valence-corrected chi connectivity index (χ3v) is 4.69. The molecule has 0 heterocycles. The van der Waals surface area contributed by atoms with Crippen molar-refractivity contribution in [3.05, 3.63) is 11.3 Å². The summed E-state index contributed by atoms with van der Waals surface area (Å²) in [5.74, 6) is 0.0702. The van der Waals surface area contributed by atoms with Crippen LogP contribution in [0.2, 0.25) is 25.7 Å². The summed E-state index contributed by atoms with van der Waals surface area (Å²) in [6, 6.07) is 1.14. The zero-order valence-corrected chi connectivity index (χ0v) is 12.6. The number of hydrogen-bond donors (Lipinski definition) is 2. The average Bonchev–Trinajstić information content (AvgIpc) is 2.27. The molecule has 102 valence electrons. The number of allylic oxidation sites excluding steroid dienone is 2. The molecule has 0 amide bonds. The predicted molar refractivity (Wildman–Crippen MR) is 76.8 cm³/mol. The number of carbonyl (C=O) groups is 1. The number of nitrogens with one attached hydrogen (secondary N) is 2. The Morgan fingerprint density at radius 3 is 2.72 bits per heavy atom. The van der Waals surface area contributed by atoms with Crippen LogP contribution in [0.25, 0.3) is 0 Å². The predicted octanol–water partition coefficient (Wildman–Crippen LogP) is 2.54. The molecular weight excluding hydrogens is 244 g/mol. The van der Waals surface area contributed by atoms with Crippen LogP contribution in [0.5, 0.6) is 0 Å². The Bertz CT molecular complexity index is 345. The second-order valence-electron chi connectivity index (χ2n) is 5.85. The first-order chi connectivity index (χ1) is 8.44. The molecule has 0 aromatic heterocycles. The first-order valence-corrected chi connectivity index (χ1v) is 10.2. The lowest BCUT2D eigenvalue weighted by Crippen LogP contribution is -2.27. The van der Waals surface area contributed by atoms with E-state index in [0.717, 1.165) is 37.4 Å². The van der Waals surface area contributed by atoms with Gasteiger partial charge in [0.15, 0.2) is 5.78 Å². The van der Waals surface area contributed by atoms with E-state index in [9.17, 15) is 4.79 Å². The molecule has 0 aromatic rings. The lowest BCUT2D eigenvalue weighted by molar-refractivity contribution is -0.115. The molecule has 1 rings (SSSR count). The minimum Gasteiger partial charge on any atom is -0.365 e. The van der Waals surface area contributed by atoms with Gasteiger partial charge in [-0.2, -0.15) is 0 Å². The summed E-state index contributed by atoms with van der Waals surface area (Å²) in [4.78, 5) is 11.6. The number of ketones is 1. The Balaban J connectivity index is 2.34. The highest BCUT2D eigenvalue weighted by Crippen LogP contribution is 2.18. The van der Waals surface area contributed by atoms with Gasteiger partial charge in [-0.3, -0.25) is 4.79 Å². The number of ether oxygens (including phenoxy) is 1. The molecule has 0 spiro atoms. The molecule has 0 saturated carbocycles. The Morgan fingerprint density at radius 1 is 1.39 bits per heavy atom. The number of rotatable bonds is 7. The maximum atomic E-state index is 11.6. The summed E-state index contributed by atoms with van der Waals surface area (Å²) < 4.78 is 5.54. The summed E-state index contributed by atoms with van der Waals surface area (Å²) in [7, 11) is -1.03. The van der Waals surface area contributed by atoms with Gasteiger partial charge < -0.3 is 15.5 Å². The largest absolute Gasteiger partial charge is 0.365 e. The molecule has 1 aliphatic rings. The molecule has 0 aromatic carbocycles. The van der Waals surface area contributed by atoms with Crippen molar-refractivity contribution in [3.63, 3.8) is 0 Å². The van der Waals surface area contributed by atoms with Crippen molar-refractivity contribution in [2.45, 2.75) is 44.9 Å². The molecule has 0 atom stereocenters. The zero-order valence-electron chi connectivity index (χ0n) is 11.6. The van der Waals surface area contributed by atoms with E-state index >= 15 is 0 Å². The maximum absolute atomic E-state index is 11.6. The Hall–Kier alpha value is -0.943. The van der Waals surface area contributed by atoms with E-state index in [0.29, 0.717) is 18.7 Å². The van der Waals surface area contributed by atoms with Gasteiger partial charge in [-0.25, -0.2) is 0 Å². The molecule has 18 heavy (non-hydrogen) atoms. The third-order valence-electron chi connectivity index (χ3n) is 2.98. The van der Waals surface area contributed by atoms with Gasteiger partial charge in [-0.05, 0) is 18.9 Å². The topological polar surface area (TPSA) is 62.2 Å². The molecule has 0 saturated heterocycles. The van der Waals surface area contributed by atoms with Crippen molar-refractivity contribution in [2.24, 2.45) is 0 Å². The standard InChI is InChI=1S/C13H24N2O2Si/c1-18(2,3)8-7-17-10-15-12-5-4-6-13(16)11(12)9-14/h9,14-15H,4-8,10H2,1-3H3. The van der Waals surface area contributed by atoms with Crippen LogP contribution in [0.1, 0.15) is 19.3 Å². The van der Waals surface area contributed by atoms with Gasteiger partial charge in [0.25, 0.3) is 0 Å². The van der Waals surface area contributed by atoms with Gasteiger partial charge in [0, 0.05) is 33.0 Å². The summed E-state index contributed by atoms with van der Waals surface area (Å²) in [5, 5.41) is 10.4. The van der Waals surface area contributed by atoms with E-state index in [1.165, 1.54) is 0 Å². The monoisotopic (exact) mass is 268 g/mol. The minimum absolute atomic E-state index is 0.0702. The lowest BCUT2D eigenvalue weighted by Gasteiger charge is -2.19. The van der Waals surface area contributed by atoms with E-state index in [-0.39, 0.29) is 5.78 Å². The van der Waals surface area contributed by atoms with Crippen LogP contribution in [0.15, 0.2) is 11.3 Å². The SMILES string of the molecule is C[Si](C)(C)CCOCNC1=C(C=N)C(=O)CCC1. The number of carbonyl (C=O) groups excluding carboxylic acids is 1. The zero-order chi connectivity index (χ0) is 13.6. The van der Waals surface area contributed by atoms with Crippen LogP contribution >= 0.6 is 0 Å². The van der Waals surface area contributed by atoms with Gasteiger partial charge in [0.05, 0.1) is 5.57 Å². The van der Waals surface area contributed by atoms with Crippen molar-refractivity contribution < 1.29 is 9.53 Å². The molecule has 0 fully saturated rings. The number of Topliss-reactive ketones (excluding diaryl/α,β-unsaturated/α-hetero) is 1. The fourth-order valence-corrected chi connectivity index (χ4v) is 2.56. The lowest BCUT2D eigenvalue weighted by atomic mass is 9.96. The first-order valence-electron chi connectivity index (χ1n) is 6.52. The van der Waals surface area contributed by atoms with Gasteiger partial charge in [-0.15, -0.1) is 0 Å². The Labute approximate surface area is 110 Å². The van der Waals surface area contributed by atoms with Gasteiger partial charge in [0.2, 0.25) is 0 Å². The second kappa shape index (κ2) is 6.85. The molecule has 2 N–H and O–H groups in total. The third kappa shape index (κ3) is 5.14. The normalized spacial score (nSPS) is 16.9. The van der Waals surface area contributed by atoms with E-state index in [1.54, 1.807) is 0 Å². The Morgan fingerprint density at radius 2 is 2.11 bits per heavy atom. The second-order valence-corrected chi connectivity index (χ2v) is 11.5. The van der Waals surface area contributed by atoms with E-state index in [4.69, 9.17) is 10.1 Å². The summed E-state index contributed by atoms with van der Waals surface area (Å²) in [6.07, 6.45) is 3.43. The van der Waals surface area contributed by atoms with Gasteiger partial charge in [-0.1, -0.05) is 19.6 Å². The highest BCUT2D eigenvalue weighted by atomic mass is 28.3. The fourth-order valence-electron chi connectivity index (χ4n) is 1.80. The molecule has 4 nitrogen and oxygen atoms in total. The van der Waals surface area contributed by atoms with Crippen LogP contribution in [0.4, 0.5) is 0 Å². The van der Waals surface area contributed by atoms with Crippen molar-refractivity contribution in [1.82, 2.24) is 5.32 Å². The van der Waals surface area contributed by atoms with Crippen molar-refractivity contribution in [2.75, 3.05) is 13.3 Å². The fraction of sp³-hybridized carbons (Fsp3) is 0.692. The van der Waals surface area contributed by atoms with Gasteiger partial charge in [0.1, 0.15) is 6.73 Å². The molecular formula is C13H24N2O2Si. The van der Waals surface area contributed by atoms with Gasteiger partial charge >= 0.3 is 0 Å². The minimum atomic E-state index is -1.03. The summed E-state index contributed by atoms with van der Waals surface area (Å²) >= 11 is 0. The molecule has 1 aliphatic carbocycles. The average molecular weight is 268 g/mol. The summed E-state index contributed by atoms with van der Waals surface area (Å²) in [6.45, 7) is 8.16. The Kier molecular flexibility index (Phi) is 5.75. The molecule has 0 aliphatic heterocycles.